The Morgan fingerprint density at radius 3 is 3.00 bits per heavy atom. The summed E-state index contributed by atoms with van der Waals surface area (Å²) in [5.41, 5.74) is 2.41. The van der Waals surface area contributed by atoms with Crippen molar-refractivity contribution in [1.82, 2.24) is 9.88 Å². The van der Waals surface area contributed by atoms with Gasteiger partial charge >= 0.3 is 0 Å². The third-order valence-corrected chi connectivity index (χ3v) is 4.49. The molecular weight excluding hydrogens is 326 g/mol. The van der Waals surface area contributed by atoms with Crippen molar-refractivity contribution in [2.75, 3.05) is 13.2 Å². The average molecular weight is 350 g/mol. The van der Waals surface area contributed by atoms with Crippen LogP contribution in [0, 0.1) is 0 Å². The summed E-state index contributed by atoms with van der Waals surface area (Å²) in [6.45, 7) is 6.59. The van der Waals surface area contributed by atoms with Crippen molar-refractivity contribution in [2.45, 2.75) is 39.1 Å². The molecule has 0 saturated heterocycles. The molecule has 0 aromatic carbocycles. The van der Waals surface area contributed by atoms with E-state index >= 15 is 0 Å². The molecule has 1 amide bonds. The minimum atomic E-state index is -1.52. The lowest BCUT2D eigenvalue weighted by Gasteiger charge is -2.19. The van der Waals surface area contributed by atoms with Crippen LogP contribution < -0.4 is 4.74 Å². The quantitative estimate of drug-likeness (QED) is 0.553. The molecular formula is C18H24FN2O2P. The van der Waals surface area contributed by atoms with Gasteiger partial charge in [-0.25, -0.2) is 9.37 Å². The first-order chi connectivity index (χ1) is 11.4. The maximum atomic E-state index is 14.0. The molecule has 2 rings (SSSR count). The van der Waals surface area contributed by atoms with Gasteiger partial charge in [0.2, 0.25) is 5.88 Å². The Kier molecular flexibility index (Phi) is 6.11. The zero-order chi connectivity index (χ0) is 17.7. The first-order valence-electron chi connectivity index (χ1n) is 8.04. The highest BCUT2D eigenvalue weighted by molar-refractivity contribution is 7.18. The molecule has 0 fully saturated rings. The van der Waals surface area contributed by atoms with Gasteiger partial charge in [0.25, 0.3) is 5.91 Å². The van der Waals surface area contributed by atoms with E-state index in [0.717, 1.165) is 11.1 Å². The minimum Gasteiger partial charge on any atom is -0.473 e. The molecule has 2 atom stereocenters. The fraction of sp³-hybridized carbons (Fsp3) is 0.444. The van der Waals surface area contributed by atoms with Gasteiger partial charge in [-0.1, -0.05) is 40.0 Å². The van der Waals surface area contributed by atoms with E-state index in [-0.39, 0.29) is 18.4 Å². The van der Waals surface area contributed by atoms with Crippen molar-refractivity contribution in [2.24, 2.45) is 0 Å². The number of pyridine rings is 1. The number of nitrogens with zero attached hydrogens (tertiary/aromatic N) is 2. The summed E-state index contributed by atoms with van der Waals surface area (Å²) in [5.74, 6) is 0.0963. The topological polar surface area (TPSA) is 42.4 Å². The van der Waals surface area contributed by atoms with E-state index in [1.165, 1.54) is 0 Å². The lowest BCUT2D eigenvalue weighted by atomic mass is 10.2. The largest absolute Gasteiger partial charge is 0.473 e. The van der Waals surface area contributed by atoms with Crippen LogP contribution in [0.2, 0.25) is 0 Å². The zero-order valence-corrected chi connectivity index (χ0v) is 15.5. The van der Waals surface area contributed by atoms with Gasteiger partial charge in [0.1, 0.15) is 12.2 Å². The van der Waals surface area contributed by atoms with Gasteiger partial charge in [0.15, 0.2) is 5.41 Å². The molecule has 0 radical (unpaired) electrons. The van der Waals surface area contributed by atoms with Gasteiger partial charge in [-0.15, -0.1) is 0 Å². The minimum absolute atomic E-state index is 0.119. The molecule has 6 heteroatoms. The first-order valence-corrected chi connectivity index (χ1v) is 8.62. The second-order valence-electron chi connectivity index (χ2n) is 6.03. The Morgan fingerprint density at radius 1 is 1.58 bits per heavy atom. The monoisotopic (exact) mass is 350 g/mol. The molecule has 130 valence electrons. The molecule has 0 saturated carbocycles. The second kappa shape index (κ2) is 7.89. The first kappa shape index (κ1) is 18.6. The highest BCUT2D eigenvalue weighted by Gasteiger charge is 2.32. The van der Waals surface area contributed by atoms with Crippen LogP contribution in [0.4, 0.5) is 4.39 Å². The summed E-state index contributed by atoms with van der Waals surface area (Å²) in [4.78, 5) is 18.6. The van der Waals surface area contributed by atoms with Crippen LogP contribution in [-0.2, 0) is 6.54 Å². The van der Waals surface area contributed by atoms with Crippen molar-refractivity contribution in [1.29, 1.82) is 0 Å². The highest BCUT2D eigenvalue weighted by atomic mass is 31.0. The van der Waals surface area contributed by atoms with Gasteiger partial charge in [0, 0.05) is 19.3 Å². The maximum Gasteiger partial charge on any atom is 0.260 e. The highest BCUT2D eigenvalue weighted by Crippen LogP contribution is 2.31. The third kappa shape index (κ3) is 4.41. The van der Waals surface area contributed by atoms with Crippen LogP contribution >= 0.6 is 9.24 Å². The van der Waals surface area contributed by atoms with Crippen molar-refractivity contribution in [3.8, 4) is 5.88 Å². The molecule has 24 heavy (non-hydrogen) atoms. The summed E-state index contributed by atoms with van der Waals surface area (Å²) < 4.78 is 19.5. The van der Waals surface area contributed by atoms with E-state index in [1.807, 2.05) is 38.1 Å². The number of halogens is 1. The molecule has 0 aliphatic carbocycles. The fourth-order valence-corrected chi connectivity index (χ4v) is 2.50. The number of amides is 1. The lowest BCUT2D eigenvalue weighted by molar-refractivity contribution is 0.0785. The number of hydrogen-bond donors (Lipinski definition) is 0. The zero-order valence-electron chi connectivity index (χ0n) is 14.4. The molecule has 1 aromatic rings. The van der Waals surface area contributed by atoms with Crippen LogP contribution in [0.3, 0.4) is 0 Å². The van der Waals surface area contributed by atoms with E-state index < -0.39 is 5.41 Å². The molecule has 1 aromatic heterocycles. The number of alkyl halides is 1. The van der Waals surface area contributed by atoms with Crippen molar-refractivity contribution in [3.05, 3.63) is 47.2 Å². The Balaban J connectivity index is 2.15. The number of aromatic nitrogens is 1. The van der Waals surface area contributed by atoms with Gasteiger partial charge in [-0.2, -0.15) is 0 Å². The van der Waals surface area contributed by atoms with E-state index in [9.17, 15) is 9.18 Å². The molecule has 0 bridgehead atoms. The predicted octanol–water partition coefficient (Wildman–Crippen LogP) is 3.89. The van der Waals surface area contributed by atoms with Gasteiger partial charge < -0.3 is 9.64 Å². The standard InChI is InChI=1S/C18H24FN2O2P/c1-4-6-7-13(3)10-21-11-14-8-9-20-16(15(14)17(21)22)23-12-18(19,24)5-2/h4,6-9H,5,10-12,24H2,1-3H3/b6-4-,13-7+. The van der Waals surface area contributed by atoms with Gasteiger partial charge in [-0.05, 0) is 31.9 Å². The number of carbonyl (C=O) groups is 1. The molecule has 2 heterocycles. The lowest BCUT2D eigenvalue weighted by Crippen LogP contribution is -2.27. The second-order valence-corrected chi connectivity index (χ2v) is 7.06. The molecule has 4 nitrogen and oxygen atoms in total. The Morgan fingerprint density at radius 2 is 2.33 bits per heavy atom. The number of rotatable bonds is 7. The third-order valence-electron chi connectivity index (χ3n) is 3.91. The van der Waals surface area contributed by atoms with E-state index in [4.69, 9.17) is 4.74 Å². The summed E-state index contributed by atoms with van der Waals surface area (Å²) in [6.07, 6.45) is 7.78. The molecule has 1 aliphatic rings. The van der Waals surface area contributed by atoms with Crippen molar-refractivity contribution >= 4 is 15.1 Å². The van der Waals surface area contributed by atoms with E-state index in [0.29, 0.717) is 25.1 Å². The maximum absolute atomic E-state index is 14.0. The summed E-state index contributed by atoms with van der Waals surface area (Å²) in [7, 11) is 2.15. The van der Waals surface area contributed by atoms with Crippen LogP contribution in [0.5, 0.6) is 5.88 Å². The number of allylic oxidation sites excluding steroid dienone is 3. The number of hydrogen-bond acceptors (Lipinski definition) is 3. The number of fused-ring (bicyclic) bond motifs is 1. The van der Waals surface area contributed by atoms with Crippen molar-refractivity contribution in [3.63, 3.8) is 0 Å². The number of carbonyl (C=O) groups excluding carboxylic acids is 1. The van der Waals surface area contributed by atoms with E-state index in [1.54, 1.807) is 18.0 Å². The van der Waals surface area contributed by atoms with Gasteiger partial charge in [-0.3, -0.25) is 4.79 Å². The average Bonchev–Trinajstić information content (AvgIpc) is 2.87. The van der Waals surface area contributed by atoms with Crippen molar-refractivity contribution < 1.29 is 13.9 Å². The Bertz CT molecular complexity index is 671. The van der Waals surface area contributed by atoms with Crippen LogP contribution in [0.25, 0.3) is 0 Å². The van der Waals surface area contributed by atoms with Gasteiger partial charge in [0.05, 0.1) is 0 Å². The predicted molar refractivity (Wildman–Crippen MR) is 96.9 cm³/mol. The fourth-order valence-electron chi connectivity index (χ4n) is 2.42. The molecule has 0 spiro atoms. The van der Waals surface area contributed by atoms with Crippen LogP contribution in [0.15, 0.2) is 36.1 Å². The molecule has 1 aliphatic heterocycles. The Labute approximate surface area is 145 Å². The van der Waals surface area contributed by atoms with Crippen LogP contribution in [0.1, 0.15) is 43.1 Å². The number of ether oxygens (including phenoxy) is 1. The molecule has 2 unspecified atom stereocenters. The summed E-state index contributed by atoms with van der Waals surface area (Å²) in [6, 6.07) is 1.81. The normalized spacial score (nSPS) is 17.3. The Hall–Kier alpha value is -1.74. The molecule has 0 N–H and O–H groups in total. The smallest absolute Gasteiger partial charge is 0.260 e. The van der Waals surface area contributed by atoms with Crippen LogP contribution in [-0.4, -0.2) is 34.4 Å². The SMILES string of the molecule is C/C=C\C=C(/C)CN1Cc2ccnc(OCC(F)(P)CC)c2C1=O. The summed E-state index contributed by atoms with van der Waals surface area (Å²) >= 11 is 0. The summed E-state index contributed by atoms with van der Waals surface area (Å²) in [5, 5.41) is -1.52. The van der Waals surface area contributed by atoms with E-state index in [2.05, 4.69) is 14.2 Å².